The Bertz CT molecular complexity index is 2360. The number of hydrogen-bond acceptors (Lipinski definition) is 10. The molecule has 3 aliphatic rings. The fraction of sp³-hybridized carbons (Fsp3) is 0.465. The van der Waals surface area contributed by atoms with E-state index in [2.05, 4.69) is 20.7 Å². The molecule has 3 heterocycles. The van der Waals surface area contributed by atoms with Crippen molar-refractivity contribution < 1.29 is 37.1 Å². The van der Waals surface area contributed by atoms with Crippen LogP contribution in [0, 0.1) is 17.3 Å². The van der Waals surface area contributed by atoms with Gasteiger partial charge in [-0.15, -0.1) is 11.3 Å². The van der Waals surface area contributed by atoms with E-state index >= 15 is 0 Å². The van der Waals surface area contributed by atoms with E-state index in [1.54, 1.807) is 24.6 Å². The molecule has 7 rings (SSSR count). The summed E-state index contributed by atoms with van der Waals surface area (Å²) < 4.78 is 40.9. The van der Waals surface area contributed by atoms with E-state index in [0.29, 0.717) is 28.1 Å². The average Bonchev–Trinajstić information content (AvgIpc) is 4.02. The van der Waals surface area contributed by atoms with Gasteiger partial charge in [-0.1, -0.05) is 57.2 Å². The Morgan fingerprint density at radius 1 is 0.966 bits per heavy atom. The van der Waals surface area contributed by atoms with Crippen LogP contribution in [0.2, 0.25) is 0 Å². The van der Waals surface area contributed by atoms with E-state index in [1.807, 2.05) is 90.1 Å². The lowest BCUT2D eigenvalue weighted by Crippen LogP contribution is -2.61. The molecule has 4 aromatic rings. The summed E-state index contributed by atoms with van der Waals surface area (Å²) in [4.78, 5) is 63.0. The second-order valence-corrected chi connectivity index (χ2v) is 20.7. The lowest BCUT2D eigenvalue weighted by molar-refractivity contribution is -0.142. The topological polar surface area (TPSA) is 185 Å². The minimum atomic E-state index is -4.18. The second kappa shape index (κ2) is 15.8. The Balaban J connectivity index is 1.22. The molecule has 2 aromatic carbocycles. The van der Waals surface area contributed by atoms with Gasteiger partial charge >= 0.3 is 6.03 Å². The lowest BCUT2D eigenvalue weighted by atomic mass is 9.85. The van der Waals surface area contributed by atoms with Crippen LogP contribution >= 0.6 is 11.3 Å². The zero-order valence-corrected chi connectivity index (χ0v) is 36.0. The number of ether oxygens (including phenoxy) is 2. The highest BCUT2D eigenvalue weighted by atomic mass is 32.2. The Labute approximate surface area is 348 Å². The number of rotatable bonds is 12. The van der Waals surface area contributed by atoms with Crippen molar-refractivity contribution in [2.24, 2.45) is 17.3 Å². The molecule has 5 atom stereocenters. The number of pyridine rings is 1. The molecule has 5 amide bonds. The number of nitrogens with zero attached hydrogens (tertiary/aromatic N) is 2. The number of thiophene rings is 1. The smallest absolute Gasteiger partial charge is 0.315 e. The van der Waals surface area contributed by atoms with Crippen molar-refractivity contribution in [3.63, 3.8) is 0 Å². The van der Waals surface area contributed by atoms with E-state index in [0.717, 1.165) is 29.7 Å². The van der Waals surface area contributed by atoms with Gasteiger partial charge in [-0.05, 0) is 80.9 Å². The maximum atomic E-state index is 14.8. The van der Waals surface area contributed by atoms with E-state index in [-0.39, 0.29) is 35.4 Å². The van der Waals surface area contributed by atoms with Crippen LogP contribution in [0.25, 0.3) is 22.2 Å². The molecule has 14 nitrogen and oxygen atoms in total. The number of urea groups is 1. The predicted octanol–water partition coefficient (Wildman–Crippen LogP) is 5.62. The SMILES string of the molecule is COc1ccc2c(OC3CC(C(=O)NC4(C(=O)NS(=O)(=O)c5cccs5)CC4C4CC4)N(C(=O)C(NC(=O)NC(C)(C)C)C(C)(C)C)C3)cc(-c3ccccc3)nc2c1. The third kappa shape index (κ3) is 9.18. The molecule has 3 fully saturated rings. The number of carbonyl (C=O) groups excluding carboxylic acids is 4. The zero-order valence-electron chi connectivity index (χ0n) is 34.3. The number of likely N-dealkylation sites (tertiary alicyclic amines) is 1. The highest BCUT2D eigenvalue weighted by molar-refractivity contribution is 7.92. The highest BCUT2D eigenvalue weighted by Gasteiger charge is 2.66. The van der Waals surface area contributed by atoms with Gasteiger partial charge in [-0.2, -0.15) is 0 Å². The summed E-state index contributed by atoms with van der Waals surface area (Å²) in [6, 6.07) is 17.2. The molecule has 5 unspecified atom stereocenters. The molecule has 59 heavy (non-hydrogen) atoms. The Kier molecular flexibility index (Phi) is 11.2. The third-order valence-electron chi connectivity index (χ3n) is 11.0. The quantitative estimate of drug-likeness (QED) is 0.141. The first-order chi connectivity index (χ1) is 27.8. The summed E-state index contributed by atoms with van der Waals surface area (Å²) >= 11 is 0.982. The Hall–Kier alpha value is -5.22. The number of methoxy groups -OCH3 is 1. The molecule has 0 radical (unpaired) electrons. The molecular formula is C43H52N6O8S2. The summed E-state index contributed by atoms with van der Waals surface area (Å²) in [5, 5.41) is 11.0. The number of sulfonamides is 1. The Morgan fingerprint density at radius 3 is 2.32 bits per heavy atom. The first kappa shape index (κ1) is 41.9. The van der Waals surface area contributed by atoms with Crippen LogP contribution in [0.1, 0.15) is 67.2 Å². The Morgan fingerprint density at radius 2 is 1.69 bits per heavy atom. The lowest BCUT2D eigenvalue weighted by Gasteiger charge is -2.36. The van der Waals surface area contributed by atoms with Crippen LogP contribution in [-0.2, 0) is 24.4 Å². The minimum Gasteiger partial charge on any atom is -0.497 e. The van der Waals surface area contributed by atoms with Crippen molar-refractivity contribution in [1.82, 2.24) is 30.6 Å². The fourth-order valence-electron chi connectivity index (χ4n) is 7.83. The fourth-order valence-corrected chi connectivity index (χ4v) is 9.87. The van der Waals surface area contributed by atoms with E-state index in [1.165, 1.54) is 11.0 Å². The van der Waals surface area contributed by atoms with Crippen molar-refractivity contribution in [1.29, 1.82) is 0 Å². The van der Waals surface area contributed by atoms with Crippen LogP contribution in [0.3, 0.4) is 0 Å². The number of hydrogen-bond donors (Lipinski definition) is 4. The molecular weight excluding hydrogens is 793 g/mol. The summed E-state index contributed by atoms with van der Waals surface area (Å²) in [6.45, 7) is 10.9. The molecule has 1 aliphatic heterocycles. The first-order valence-electron chi connectivity index (χ1n) is 19.8. The van der Waals surface area contributed by atoms with Crippen LogP contribution in [0.4, 0.5) is 4.79 Å². The molecule has 4 N–H and O–H groups in total. The molecule has 314 valence electrons. The number of benzene rings is 2. The minimum absolute atomic E-state index is 0.0165. The van der Waals surface area contributed by atoms with Crippen molar-refractivity contribution in [3.8, 4) is 22.8 Å². The van der Waals surface area contributed by atoms with Crippen LogP contribution in [0.15, 0.2) is 76.3 Å². The largest absolute Gasteiger partial charge is 0.497 e. The first-order valence-corrected chi connectivity index (χ1v) is 22.2. The number of amides is 5. The third-order valence-corrected chi connectivity index (χ3v) is 13.7. The van der Waals surface area contributed by atoms with Crippen molar-refractivity contribution in [2.45, 2.75) is 101 Å². The summed E-state index contributed by atoms with van der Waals surface area (Å²) in [6.07, 6.45) is 1.33. The maximum absolute atomic E-state index is 14.8. The van der Waals surface area contributed by atoms with Crippen LogP contribution in [-0.4, -0.2) is 85.0 Å². The van der Waals surface area contributed by atoms with E-state index in [4.69, 9.17) is 14.5 Å². The van der Waals surface area contributed by atoms with Gasteiger partial charge in [0.2, 0.25) is 11.8 Å². The number of carbonyl (C=O) groups is 4. The van der Waals surface area contributed by atoms with Crippen molar-refractivity contribution in [3.05, 3.63) is 72.1 Å². The molecule has 2 aliphatic carbocycles. The van der Waals surface area contributed by atoms with E-state index in [9.17, 15) is 27.6 Å². The van der Waals surface area contributed by atoms with E-state index < -0.39 is 68.5 Å². The molecule has 16 heteroatoms. The van der Waals surface area contributed by atoms with Gasteiger partial charge in [0.1, 0.15) is 39.4 Å². The predicted molar refractivity (Wildman–Crippen MR) is 224 cm³/mol. The summed E-state index contributed by atoms with van der Waals surface area (Å²) in [7, 11) is -2.61. The van der Waals surface area contributed by atoms with Crippen LogP contribution < -0.4 is 30.1 Å². The normalized spacial score (nSPS) is 22.3. The van der Waals surface area contributed by atoms with Gasteiger partial charge in [-0.25, -0.2) is 22.9 Å². The monoisotopic (exact) mass is 844 g/mol. The van der Waals surface area contributed by atoms with Crippen LogP contribution in [0.5, 0.6) is 11.5 Å². The van der Waals surface area contributed by atoms with Crippen molar-refractivity contribution in [2.75, 3.05) is 13.7 Å². The van der Waals surface area contributed by atoms with Gasteiger partial charge in [0.15, 0.2) is 0 Å². The molecule has 1 saturated heterocycles. The molecule has 0 spiro atoms. The summed E-state index contributed by atoms with van der Waals surface area (Å²) in [5.74, 6) is -0.929. The van der Waals surface area contributed by atoms with Gasteiger partial charge in [0.05, 0.1) is 24.9 Å². The molecule has 2 saturated carbocycles. The zero-order chi connectivity index (χ0) is 42.5. The average molecular weight is 845 g/mol. The highest BCUT2D eigenvalue weighted by Crippen LogP contribution is 2.57. The maximum Gasteiger partial charge on any atom is 0.315 e. The molecule has 0 bridgehead atoms. The second-order valence-electron chi connectivity index (χ2n) is 17.9. The van der Waals surface area contributed by atoms with Gasteiger partial charge in [-0.3, -0.25) is 14.4 Å². The van der Waals surface area contributed by atoms with Gasteiger partial charge < -0.3 is 30.3 Å². The van der Waals surface area contributed by atoms with Crippen molar-refractivity contribution >= 4 is 56.0 Å². The number of aromatic nitrogens is 1. The standard InChI is InChI=1S/C43H52N6O8S2/c1-41(2,3)36(45-40(53)47-42(4,5)6)38(51)49-24-28(57-34-22-31(26-12-9-8-10-13-26)44-32-20-27(56-7)17-18-29(32)34)21-33(49)37(50)46-43(23-30(43)25-15-16-25)39(52)48-59(54,55)35-14-11-19-58-35/h8-14,17-20,22,25,28,30,33,36H,15-16,21,23-24H2,1-7H3,(H,46,50)(H,48,52)(H2,45,47,53). The summed E-state index contributed by atoms with van der Waals surface area (Å²) in [5.41, 5.74) is -0.733. The van der Waals surface area contributed by atoms with Gasteiger partial charge in [0.25, 0.3) is 15.9 Å². The molecule has 2 aromatic heterocycles. The van der Waals surface area contributed by atoms with Gasteiger partial charge in [0, 0.05) is 35.0 Å². The number of fused-ring (bicyclic) bond motifs is 1. The number of nitrogens with one attached hydrogen (secondary N) is 4.